The van der Waals surface area contributed by atoms with Gasteiger partial charge in [-0.05, 0) is 6.92 Å². The minimum Gasteiger partial charge on any atom is -0.396 e. The van der Waals surface area contributed by atoms with Gasteiger partial charge in [-0.2, -0.15) is 0 Å². The Morgan fingerprint density at radius 3 is 2.56 bits per heavy atom. The first-order valence-corrected chi connectivity index (χ1v) is 2.44. The first kappa shape index (κ1) is 8.36. The van der Waals surface area contributed by atoms with Crippen molar-refractivity contribution < 1.29 is 14.3 Å². The molecule has 1 unspecified atom stereocenters. The Hall–Kier alpha value is -0.640. The summed E-state index contributed by atoms with van der Waals surface area (Å²) in [7, 11) is 0. The van der Waals surface area contributed by atoms with E-state index in [-0.39, 0.29) is 0 Å². The van der Waals surface area contributed by atoms with E-state index in [0.717, 1.165) is 13.3 Å². The molecule has 0 aromatic heterocycles. The van der Waals surface area contributed by atoms with Crippen LogP contribution in [-0.2, 0) is 4.79 Å². The van der Waals surface area contributed by atoms with Crippen LogP contribution in [0.25, 0.3) is 0 Å². The van der Waals surface area contributed by atoms with Crippen molar-refractivity contribution in [2.75, 3.05) is 6.61 Å². The van der Waals surface area contributed by atoms with E-state index in [9.17, 15) is 9.18 Å². The zero-order chi connectivity index (χ0) is 7.49. The molecule has 53 valence electrons. The maximum atomic E-state index is 12.5. The molecule has 3 N–H and O–H groups in total. The normalized spacial score (nSPS) is 16.8. The smallest absolute Gasteiger partial charge is 0.255 e. The van der Waals surface area contributed by atoms with Gasteiger partial charge in [-0.15, -0.1) is 0 Å². The van der Waals surface area contributed by atoms with Crippen LogP contribution in [0.1, 0.15) is 6.92 Å². The monoisotopic (exact) mass is 134 g/mol. The van der Waals surface area contributed by atoms with Gasteiger partial charge in [0, 0.05) is 13.0 Å². The van der Waals surface area contributed by atoms with Crippen LogP contribution < -0.4 is 5.73 Å². The molecule has 0 rings (SSSR count). The first-order valence-electron chi connectivity index (χ1n) is 2.44. The third kappa shape index (κ3) is 2.41. The lowest BCUT2D eigenvalue weighted by Crippen LogP contribution is -2.37. The van der Waals surface area contributed by atoms with Crippen molar-refractivity contribution in [2.24, 2.45) is 5.73 Å². The van der Waals surface area contributed by atoms with Gasteiger partial charge in [-0.3, -0.25) is 4.79 Å². The molecule has 0 spiro atoms. The Balaban J connectivity index is 3.85. The molecule has 0 heterocycles. The fourth-order valence-electron chi connectivity index (χ4n) is 0.272. The number of aliphatic hydroxyl groups is 1. The average molecular weight is 134 g/mol. The second-order valence-electron chi connectivity index (χ2n) is 1.83. The largest absolute Gasteiger partial charge is 0.396 e. The molecule has 0 saturated carbocycles. The van der Waals surface area contributed by atoms with Gasteiger partial charge >= 0.3 is 0 Å². The zero-order valence-electron chi connectivity index (χ0n) is 5.10. The van der Waals surface area contributed by atoms with Crippen molar-refractivity contribution in [1.82, 2.24) is 0 Å². The summed E-state index contributed by atoms with van der Waals surface area (Å²) in [6, 6.07) is 0. The highest BCUT2D eigenvalue weighted by atomic mass is 19.1. The van der Waals surface area contributed by atoms with E-state index in [2.05, 4.69) is 5.73 Å². The van der Waals surface area contributed by atoms with Crippen molar-refractivity contribution in [3.63, 3.8) is 0 Å². The number of aliphatic hydroxyl groups excluding tert-OH is 1. The Labute approximate surface area is 52.7 Å². The van der Waals surface area contributed by atoms with Crippen LogP contribution in [0.3, 0.4) is 0 Å². The Kier molecular flexibility index (Phi) is 2.58. The molecule has 0 aromatic carbocycles. The fourth-order valence-corrected chi connectivity index (χ4v) is 0.272. The van der Waals surface area contributed by atoms with E-state index in [4.69, 9.17) is 5.11 Å². The molecule has 0 aliphatic carbocycles. The van der Waals surface area contributed by atoms with Gasteiger partial charge in [0.05, 0.1) is 0 Å². The van der Waals surface area contributed by atoms with E-state index in [1.807, 2.05) is 0 Å². The van der Waals surface area contributed by atoms with Crippen LogP contribution in [0.2, 0.25) is 0 Å². The zero-order valence-corrected chi connectivity index (χ0v) is 5.10. The lowest BCUT2D eigenvalue weighted by Gasteiger charge is -2.12. The minimum absolute atomic E-state index is 0.490. The van der Waals surface area contributed by atoms with Gasteiger partial charge < -0.3 is 10.8 Å². The van der Waals surface area contributed by atoms with Gasteiger partial charge in [0.2, 0.25) is 0 Å². The molecule has 4 heteroatoms. The number of halogens is 1. The summed E-state index contributed by atoms with van der Waals surface area (Å²) in [6.45, 7) is 0.501. The highest BCUT2D eigenvalue weighted by Crippen LogP contribution is 2.11. The highest BCUT2D eigenvalue weighted by molar-refractivity contribution is 5.84. The maximum Gasteiger partial charge on any atom is 0.255 e. The van der Waals surface area contributed by atoms with Crippen LogP contribution in [0.15, 0.2) is 0 Å². The molecular weight excluding hydrogens is 125 g/mol. The van der Waals surface area contributed by atoms with E-state index in [0.29, 0.717) is 0 Å². The van der Waals surface area contributed by atoms with Gasteiger partial charge in [-0.25, -0.2) is 4.39 Å². The van der Waals surface area contributed by atoms with Crippen molar-refractivity contribution >= 4 is 5.91 Å². The van der Waals surface area contributed by atoms with Crippen molar-refractivity contribution in [3.05, 3.63) is 6.42 Å². The molecule has 3 nitrogen and oxygen atoms in total. The Bertz CT molecular complexity index is 114. The molecule has 0 fully saturated rings. The Morgan fingerprint density at radius 1 is 2.00 bits per heavy atom. The maximum absolute atomic E-state index is 12.5. The number of hydrogen-bond acceptors (Lipinski definition) is 2. The molecule has 0 bridgehead atoms. The third-order valence-electron chi connectivity index (χ3n) is 0.956. The molecule has 1 radical (unpaired) electrons. The lowest BCUT2D eigenvalue weighted by molar-refractivity contribution is -0.126. The van der Waals surface area contributed by atoms with Crippen LogP contribution in [0.5, 0.6) is 0 Å². The van der Waals surface area contributed by atoms with E-state index >= 15 is 0 Å². The summed E-state index contributed by atoms with van der Waals surface area (Å²) in [5, 5.41) is 8.15. The summed E-state index contributed by atoms with van der Waals surface area (Å²) in [5.41, 5.74) is 2.41. The topological polar surface area (TPSA) is 63.3 Å². The van der Waals surface area contributed by atoms with Crippen molar-refractivity contribution in [1.29, 1.82) is 0 Å². The van der Waals surface area contributed by atoms with Crippen LogP contribution in [0, 0.1) is 6.42 Å². The molecule has 1 amide bonds. The summed E-state index contributed by atoms with van der Waals surface area (Å²) in [4.78, 5) is 10.1. The average Bonchev–Trinajstić information content (AvgIpc) is 1.65. The molecule has 1 atom stereocenters. The quantitative estimate of drug-likeness (QED) is 0.541. The summed E-state index contributed by atoms with van der Waals surface area (Å²) >= 11 is 0. The number of hydrogen-bond donors (Lipinski definition) is 2. The number of amides is 1. The number of alkyl halides is 1. The second-order valence-corrected chi connectivity index (χ2v) is 1.83. The number of primary amides is 1. The minimum atomic E-state index is -2.19. The summed E-state index contributed by atoms with van der Waals surface area (Å²) in [6.07, 6.45) is 0.801. The van der Waals surface area contributed by atoms with E-state index < -0.39 is 18.2 Å². The van der Waals surface area contributed by atoms with Crippen LogP contribution in [-0.4, -0.2) is 23.3 Å². The standard InChI is InChI=1S/C5H9FNO2/c1-5(6,2-3-8)4(7)9/h2,8H,3H2,1H3,(H2,7,9). The first-order chi connectivity index (χ1) is 4.00. The van der Waals surface area contributed by atoms with Crippen molar-refractivity contribution in [2.45, 2.75) is 12.6 Å². The summed E-state index contributed by atoms with van der Waals surface area (Å²) < 4.78 is 12.5. The molecule has 9 heavy (non-hydrogen) atoms. The van der Waals surface area contributed by atoms with Gasteiger partial charge in [0.15, 0.2) is 5.67 Å². The van der Waals surface area contributed by atoms with Crippen LogP contribution in [0.4, 0.5) is 4.39 Å². The molecular formula is C5H9FNO2. The number of carbonyl (C=O) groups excluding carboxylic acids is 1. The fraction of sp³-hybridized carbons (Fsp3) is 0.600. The number of carbonyl (C=O) groups is 1. The predicted octanol–water partition coefficient (Wildman–Crippen LogP) is -0.604. The lowest BCUT2D eigenvalue weighted by atomic mass is 10.1. The molecule has 0 saturated heterocycles. The SMILES string of the molecule is CC(F)([CH]CO)C(N)=O. The van der Waals surface area contributed by atoms with E-state index in [1.165, 1.54) is 0 Å². The second kappa shape index (κ2) is 2.77. The van der Waals surface area contributed by atoms with Gasteiger partial charge in [0.1, 0.15) is 0 Å². The molecule has 0 aliphatic rings. The van der Waals surface area contributed by atoms with E-state index in [1.54, 1.807) is 0 Å². The van der Waals surface area contributed by atoms with Crippen LogP contribution >= 0.6 is 0 Å². The van der Waals surface area contributed by atoms with Gasteiger partial charge in [0.25, 0.3) is 5.91 Å². The molecule has 0 aromatic rings. The molecule has 0 aliphatic heterocycles. The third-order valence-corrected chi connectivity index (χ3v) is 0.956. The predicted molar refractivity (Wildman–Crippen MR) is 30.1 cm³/mol. The van der Waals surface area contributed by atoms with Gasteiger partial charge in [-0.1, -0.05) is 0 Å². The van der Waals surface area contributed by atoms with Crippen molar-refractivity contribution in [3.8, 4) is 0 Å². The summed E-state index contributed by atoms with van der Waals surface area (Å²) in [5.74, 6) is -1.09. The number of nitrogens with two attached hydrogens (primary N) is 1. The number of rotatable bonds is 3. The highest BCUT2D eigenvalue weighted by Gasteiger charge is 2.29. The Morgan fingerprint density at radius 2 is 2.44 bits per heavy atom.